The van der Waals surface area contributed by atoms with Crippen LogP contribution in [0.15, 0.2) is 57.2 Å². The fourth-order valence-corrected chi connectivity index (χ4v) is 4.50. The van der Waals surface area contributed by atoms with Crippen molar-refractivity contribution in [3.8, 4) is 0 Å². The minimum Gasteiger partial charge on any atom is -0.351 e. The van der Waals surface area contributed by atoms with Crippen molar-refractivity contribution < 1.29 is 13.2 Å². The molecule has 0 aliphatic rings. The Labute approximate surface area is 161 Å². The van der Waals surface area contributed by atoms with Crippen molar-refractivity contribution in [1.82, 2.24) is 10.3 Å². The molecule has 0 atom stereocenters. The van der Waals surface area contributed by atoms with Gasteiger partial charge in [-0.25, -0.2) is 8.42 Å². The summed E-state index contributed by atoms with van der Waals surface area (Å²) in [4.78, 5) is 17.3. The summed E-state index contributed by atoms with van der Waals surface area (Å²) in [7, 11) is -3.34. The zero-order chi connectivity index (χ0) is 18.9. The Bertz CT molecular complexity index is 1090. The molecule has 0 saturated heterocycles. The average molecular weight is 409 g/mol. The zero-order valence-electron chi connectivity index (χ0n) is 14.2. The number of benzene rings is 2. The second-order valence-electron chi connectivity index (χ2n) is 5.70. The van der Waals surface area contributed by atoms with Crippen LogP contribution >= 0.6 is 23.4 Å². The van der Waals surface area contributed by atoms with E-state index in [1.807, 2.05) is 25.1 Å². The molecular formula is C18H17ClN2O3S2. The van der Waals surface area contributed by atoms with E-state index in [2.05, 4.69) is 10.3 Å². The number of hydrogen-bond acceptors (Lipinski definition) is 4. The molecule has 0 aliphatic heterocycles. The van der Waals surface area contributed by atoms with Gasteiger partial charge in [-0.2, -0.15) is 0 Å². The number of rotatable bonds is 5. The fraction of sp³-hybridized carbons (Fsp3) is 0.167. The van der Waals surface area contributed by atoms with Crippen molar-refractivity contribution in [2.75, 3.05) is 12.8 Å². The van der Waals surface area contributed by atoms with E-state index in [0.29, 0.717) is 27.7 Å². The molecule has 1 amide bonds. The Morgan fingerprint density at radius 1 is 1.23 bits per heavy atom. The molecule has 0 unspecified atom stereocenters. The standard InChI is InChI=1S/C18H17ClN2O3S2/c1-3-20-18(22)16-17(25-15-7-5-4-6-13(15)19)12-9-8-11(26(2,23)24)10-14(12)21-16/h4-10,21H,3H2,1-2H3,(H,20,22). The molecule has 2 aromatic carbocycles. The van der Waals surface area contributed by atoms with Gasteiger partial charge in [0.05, 0.1) is 14.8 Å². The molecule has 3 aromatic rings. The van der Waals surface area contributed by atoms with Crippen LogP contribution in [0.4, 0.5) is 0 Å². The van der Waals surface area contributed by atoms with Crippen LogP contribution in [0.5, 0.6) is 0 Å². The van der Waals surface area contributed by atoms with Gasteiger partial charge in [-0.05, 0) is 31.2 Å². The van der Waals surface area contributed by atoms with Crippen molar-refractivity contribution in [2.24, 2.45) is 0 Å². The first-order valence-electron chi connectivity index (χ1n) is 7.87. The van der Waals surface area contributed by atoms with E-state index in [1.165, 1.54) is 11.8 Å². The summed E-state index contributed by atoms with van der Waals surface area (Å²) < 4.78 is 23.6. The number of halogens is 1. The number of carbonyl (C=O) groups is 1. The van der Waals surface area contributed by atoms with E-state index < -0.39 is 9.84 Å². The molecular weight excluding hydrogens is 392 g/mol. The van der Waals surface area contributed by atoms with Crippen LogP contribution in [0.3, 0.4) is 0 Å². The number of amides is 1. The van der Waals surface area contributed by atoms with Gasteiger partial charge in [-0.1, -0.05) is 41.6 Å². The third kappa shape index (κ3) is 3.75. The van der Waals surface area contributed by atoms with Crippen LogP contribution in [0.25, 0.3) is 10.9 Å². The number of H-pyrrole nitrogens is 1. The van der Waals surface area contributed by atoms with Crippen LogP contribution in [0, 0.1) is 0 Å². The molecule has 0 bridgehead atoms. The molecule has 0 radical (unpaired) electrons. The minimum atomic E-state index is -3.34. The summed E-state index contributed by atoms with van der Waals surface area (Å²) in [5.41, 5.74) is 0.973. The molecule has 0 aliphatic carbocycles. The summed E-state index contributed by atoms with van der Waals surface area (Å²) in [6.07, 6.45) is 1.15. The molecule has 3 rings (SSSR count). The normalized spacial score (nSPS) is 11.7. The first-order chi connectivity index (χ1) is 12.3. The summed E-state index contributed by atoms with van der Waals surface area (Å²) in [6.45, 7) is 2.32. The topological polar surface area (TPSA) is 79.0 Å². The van der Waals surface area contributed by atoms with Crippen molar-refractivity contribution >= 4 is 50.0 Å². The largest absolute Gasteiger partial charge is 0.351 e. The maximum atomic E-state index is 12.5. The molecule has 2 N–H and O–H groups in total. The van der Waals surface area contributed by atoms with Gasteiger partial charge in [0.2, 0.25) is 0 Å². The lowest BCUT2D eigenvalue weighted by Crippen LogP contribution is -2.23. The second-order valence-corrected chi connectivity index (χ2v) is 9.18. The summed E-state index contributed by atoms with van der Waals surface area (Å²) >= 11 is 7.63. The Hall–Kier alpha value is -1.96. The number of hydrogen-bond donors (Lipinski definition) is 2. The van der Waals surface area contributed by atoms with Gasteiger partial charge in [0, 0.05) is 28.6 Å². The van der Waals surface area contributed by atoms with E-state index >= 15 is 0 Å². The summed E-state index contributed by atoms with van der Waals surface area (Å²) in [6, 6.07) is 12.2. The van der Waals surface area contributed by atoms with Crippen LogP contribution in [-0.4, -0.2) is 32.1 Å². The second kappa shape index (κ2) is 7.34. The Kier molecular flexibility index (Phi) is 5.32. The number of nitrogens with one attached hydrogen (secondary N) is 2. The highest BCUT2D eigenvalue weighted by Crippen LogP contribution is 2.40. The smallest absolute Gasteiger partial charge is 0.268 e. The molecule has 5 nitrogen and oxygen atoms in total. The molecule has 8 heteroatoms. The Balaban J connectivity index is 2.19. The van der Waals surface area contributed by atoms with Crippen LogP contribution in [0.1, 0.15) is 17.4 Å². The van der Waals surface area contributed by atoms with Crippen molar-refractivity contribution in [3.05, 3.63) is 53.2 Å². The molecule has 136 valence electrons. The van der Waals surface area contributed by atoms with Gasteiger partial charge in [-0.3, -0.25) is 4.79 Å². The molecule has 0 spiro atoms. The van der Waals surface area contributed by atoms with E-state index in [-0.39, 0.29) is 10.8 Å². The highest BCUT2D eigenvalue weighted by atomic mass is 35.5. The number of fused-ring (bicyclic) bond motifs is 1. The van der Waals surface area contributed by atoms with E-state index in [0.717, 1.165) is 16.5 Å². The predicted octanol–water partition coefficient (Wildman–Crippen LogP) is 4.13. The lowest BCUT2D eigenvalue weighted by molar-refractivity contribution is 0.0949. The molecule has 1 heterocycles. The van der Waals surface area contributed by atoms with Gasteiger partial charge < -0.3 is 10.3 Å². The maximum absolute atomic E-state index is 12.5. The number of aromatic nitrogens is 1. The maximum Gasteiger partial charge on any atom is 0.268 e. The molecule has 0 fully saturated rings. The average Bonchev–Trinajstić information content (AvgIpc) is 2.94. The number of carbonyl (C=O) groups excluding carboxylic acids is 1. The van der Waals surface area contributed by atoms with Crippen LogP contribution < -0.4 is 5.32 Å². The number of aromatic amines is 1. The first-order valence-corrected chi connectivity index (χ1v) is 11.0. The first kappa shape index (κ1) is 18.8. The van der Waals surface area contributed by atoms with Crippen molar-refractivity contribution in [3.63, 3.8) is 0 Å². The minimum absolute atomic E-state index is 0.197. The third-order valence-corrected chi connectivity index (χ3v) is 6.52. The highest BCUT2D eigenvalue weighted by Gasteiger charge is 2.20. The zero-order valence-corrected chi connectivity index (χ0v) is 16.6. The lowest BCUT2D eigenvalue weighted by atomic mass is 10.2. The summed E-state index contributed by atoms with van der Waals surface area (Å²) in [5, 5.41) is 4.13. The Morgan fingerprint density at radius 3 is 2.62 bits per heavy atom. The highest BCUT2D eigenvalue weighted by molar-refractivity contribution is 7.99. The molecule has 0 saturated carbocycles. The monoisotopic (exact) mass is 408 g/mol. The van der Waals surface area contributed by atoms with Crippen LogP contribution in [0.2, 0.25) is 5.02 Å². The Morgan fingerprint density at radius 2 is 1.96 bits per heavy atom. The van der Waals surface area contributed by atoms with Gasteiger partial charge >= 0.3 is 0 Å². The van der Waals surface area contributed by atoms with E-state index in [4.69, 9.17) is 11.6 Å². The lowest BCUT2D eigenvalue weighted by Gasteiger charge is -2.06. The third-order valence-electron chi connectivity index (χ3n) is 3.76. The quantitative estimate of drug-likeness (QED) is 0.665. The SMILES string of the molecule is CCNC(=O)c1[nH]c2cc(S(C)(=O)=O)ccc2c1Sc1ccccc1Cl. The summed E-state index contributed by atoms with van der Waals surface area (Å²) in [5.74, 6) is -0.251. The van der Waals surface area contributed by atoms with Crippen molar-refractivity contribution in [1.29, 1.82) is 0 Å². The van der Waals surface area contributed by atoms with Gasteiger partial charge in [0.15, 0.2) is 9.84 Å². The van der Waals surface area contributed by atoms with Crippen LogP contribution in [-0.2, 0) is 9.84 Å². The van der Waals surface area contributed by atoms with Crippen molar-refractivity contribution in [2.45, 2.75) is 21.6 Å². The fourth-order valence-electron chi connectivity index (χ4n) is 2.53. The molecule has 26 heavy (non-hydrogen) atoms. The number of sulfone groups is 1. The van der Waals surface area contributed by atoms with Gasteiger partial charge in [0.1, 0.15) is 5.69 Å². The molecule has 1 aromatic heterocycles. The van der Waals surface area contributed by atoms with Gasteiger partial charge in [0.25, 0.3) is 5.91 Å². The van der Waals surface area contributed by atoms with E-state index in [1.54, 1.807) is 24.3 Å². The van der Waals surface area contributed by atoms with E-state index in [9.17, 15) is 13.2 Å². The van der Waals surface area contributed by atoms with Gasteiger partial charge in [-0.15, -0.1) is 0 Å². The predicted molar refractivity (Wildman–Crippen MR) is 105 cm³/mol.